The van der Waals surface area contributed by atoms with Crippen LogP contribution in [-0.2, 0) is 4.74 Å². The van der Waals surface area contributed by atoms with E-state index in [2.05, 4.69) is 11.1 Å². The van der Waals surface area contributed by atoms with Gasteiger partial charge in [0.25, 0.3) is 0 Å². The van der Waals surface area contributed by atoms with Crippen molar-refractivity contribution in [3.8, 4) is 11.1 Å². The first kappa shape index (κ1) is 22.5. The molecule has 0 saturated carbocycles. The third-order valence-electron chi connectivity index (χ3n) is 6.14. The second kappa shape index (κ2) is 10.3. The molecule has 3 N–H and O–H groups in total. The van der Waals surface area contributed by atoms with Gasteiger partial charge < -0.3 is 15.6 Å². The zero-order chi connectivity index (χ0) is 22.5. The third kappa shape index (κ3) is 5.01. The van der Waals surface area contributed by atoms with Crippen LogP contribution in [0.3, 0.4) is 0 Å². The Labute approximate surface area is 193 Å². The predicted molar refractivity (Wildman–Crippen MR) is 127 cm³/mol. The molecule has 0 aliphatic carbocycles. The van der Waals surface area contributed by atoms with Gasteiger partial charge in [0.2, 0.25) is 0 Å². The molecule has 2 aromatic carbocycles. The quantitative estimate of drug-likeness (QED) is 0.481. The van der Waals surface area contributed by atoms with Crippen LogP contribution in [0.2, 0.25) is 5.02 Å². The van der Waals surface area contributed by atoms with Gasteiger partial charge in [-0.2, -0.15) is 0 Å². The number of Topliss-reactive ketones (excluding diaryl/α,β-unsaturated/α-hetero) is 1. The number of ether oxygens (including phenoxy) is 1. The number of aliphatic hydroxyl groups is 1. The van der Waals surface area contributed by atoms with Crippen LogP contribution in [0.5, 0.6) is 0 Å². The number of pyridine rings is 1. The number of anilines is 1. The number of ketones is 1. The number of hydrogen-bond acceptors (Lipinski definition) is 5. The summed E-state index contributed by atoms with van der Waals surface area (Å²) in [5.74, 6) is 0.461. The van der Waals surface area contributed by atoms with Gasteiger partial charge in [-0.25, -0.2) is 4.98 Å². The van der Waals surface area contributed by atoms with E-state index in [0.717, 1.165) is 48.3 Å². The van der Waals surface area contributed by atoms with Crippen LogP contribution in [0.4, 0.5) is 5.82 Å². The Kier molecular flexibility index (Phi) is 7.20. The van der Waals surface area contributed by atoms with Crippen molar-refractivity contribution in [1.82, 2.24) is 4.98 Å². The number of aliphatic hydroxyl groups excluding tert-OH is 1. The molecule has 32 heavy (non-hydrogen) atoms. The topological polar surface area (TPSA) is 85.4 Å². The highest BCUT2D eigenvalue weighted by molar-refractivity contribution is 6.34. The molecule has 0 radical (unpaired) electrons. The van der Waals surface area contributed by atoms with E-state index in [1.54, 1.807) is 12.1 Å². The number of benzene rings is 2. The molecule has 1 aliphatic rings. The van der Waals surface area contributed by atoms with Crippen molar-refractivity contribution >= 4 is 23.2 Å². The van der Waals surface area contributed by atoms with Crippen molar-refractivity contribution in [3.63, 3.8) is 0 Å². The second-order valence-corrected chi connectivity index (χ2v) is 8.61. The highest BCUT2D eigenvalue weighted by Crippen LogP contribution is 2.34. The van der Waals surface area contributed by atoms with E-state index in [1.807, 2.05) is 42.6 Å². The summed E-state index contributed by atoms with van der Waals surface area (Å²) in [5.41, 5.74) is 10.3. The molecule has 4 rings (SSSR count). The Morgan fingerprint density at radius 3 is 2.59 bits per heavy atom. The van der Waals surface area contributed by atoms with E-state index in [1.165, 1.54) is 0 Å². The molecule has 1 aromatic heterocycles. The first-order valence-electron chi connectivity index (χ1n) is 10.9. The number of nitrogen functional groups attached to an aromatic ring is 1. The van der Waals surface area contributed by atoms with Gasteiger partial charge in [-0.15, -0.1) is 0 Å². The number of aromatic nitrogens is 1. The molecule has 1 aliphatic heterocycles. The molecular formula is C26H27ClN2O3. The van der Waals surface area contributed by atoms with E-state index >= 15 is 0 Å². The lowest BCUT2D eigenvalue weighted by Gasteiger charge is -2.23. The summed E-state index contributed by atoms with van der Waals surface area (Å²) in [6, 6.07) is 17.0. The first-order valence-corrected chi connectivity index (χ1v) is 11.3. The molecule has 166 valence electrons. The van der Waals surface area contributed by atoms with Crippen molar-refractivity contribution in [2.75, 3.05) is 25.6 Å². The van der Waals surface area contributed by atoms with Crippen molar-refractivity contribution in [1.29, 1.82) is 0 Å². The largest absolute Gasteiger partial charge is 0.396 e. The molecule has 0 amide bonds. The number of nitrogens with two attached hydrogens (primary N) is 1. The zero-order valence-corrected chi connectivity index (χ0v) is 18.6. The van der Waals surface area contributed by atoms with Gasteiger partial charge in [0, 0.05) is 42.9 Å². The van der Waals surface area contributed by atoms with Gasteiger partial charge in [-0.1, -0.05) is 48.0 Å². The minimum absolute atomic E-state index is 0.105. The fourth-order valence-electron chi connectivity index (χ4n) is 4.23. The van der Waals surface area contributed by atoms with Crippen molar-refractivity contribution < 1.29 is 14.6 Å². The zero-order valence-electron chi connectivity index (χ0n) is 17.8. The maximum Gasteiger partial charge on any atom is 0.165 e. The molecule has 3 aromatic rings. The summed E-state index contributed by atoms with van der Waals surface area (Å²) in [6.45, 7) is 1.41. The van der Waals surface area contributed by atoms with Gasteiger partial charge in [0.1, 0.15) is 5.82 Å². The lowest BCUT2D eigenvalue weighted by atomic mass is 9.90. The number of hydrogen-bond donors (Lipinski definition) is 2. The Morgan fingerprint density at radius 1 is 1.16 bits per heavy atom. The van der Waals surface area contributed by atoms with Crippen LogP contribution >= 0.6 is 11.6 Å². The second-order valence-electron chi connectivity index (χ2n) is 8.20. The molecule has 2 heterocycles. The normalized spacial score (nSPS) is 15.4. The smallest absolute Gasteiger partial charge is 0.165 e. The van der Waals surface area contributed by atoms with Crippen LogP contribution in [0.15, 0.2) is 60.8 Å². The first-order chi connectivity index (χ1) is 15.6. The van der Waals surface area contributed by atoms with E-state index in [-0.39, 0.29) is 24.7 Å². The highest BCUT2D eigenvalue weighted by Gasteiger charge is 2.21. The van der Waals surface area contributed by atoms with Gasteiger partial charge in [-0.3, -0.25) is 4.79 Å². The van der Waals surface area contributed by atoms with Crippen molar-refractivity contribution in [3.05, 3.63) is 82.5 Å². The lowest BCUT2D eigenvalue weighted by Crippen LogP contribution is -2.14. The molecule has 5 nitrogen and oxygen atoms in total. The van der Waals surface area contributed by atoms with Gasteiger partial charge in [0.05, 0.1) is 11.6 Å². The third-order valence-corrected chi connectivity index (χ3v) is 6.45. The lowest BCUT2D eigenvalue weighted by molar-refractivity contribution is 0.0853. The average Bonchev–Trinajstić information content (AvgIpc) is 2.83. The van der Waals surface area contributed by atoms with Gasteiger partial charge >= 0.3 is 0 Å². The molecular weight excluding hydrogens is 424 g/mol. The Morgan fingerprint density at radius 2 is 1.91 bits per heavy atom. The Bertz CT molecular complexity index is 1080. The number of rotatable bonds is 7. The van der Waals surface area contributed by atoms with Crippen molar-refractivity contribution in [2.24, 2.45) is 0 Å². The molecule has 6 heteroatoms. The fourth-order valence-corrected chi connectivity index (χ4v) is 4.52. The molecule has 0 unspecified atom stereocenters. The summed E-state index contributed by atoms with van der Waals surface area (Å²) in [6.07, 6.45) is 3.95. The molecule has 1 fully saturated rings. The minimum atomic E-state index is -0.268. The number of nitrogens with zero attached hydrogens (tertiary/aromatic N) is 1. The summed E-state index contributed by atoms with van der Waals surface area (Å²) in [4.78, 5) is 17.3. The number of carbonyl (C=O) groups excluding carboxylic acids is 1. The summed E-state index contributed by atoms with van der Waals surface area (Å²) >= 11 is 6.53. The highest BCUT2D eigenvalue weighted by atomic mass is 35.5. The summed E-state index contributed by atoms with van der Waals surface area (Å²) < 4.78 is 5.46. The SMILES string of the molecule is Nc1ncc(C2CCOCC2)cc1-c1ccc(C(=O)C[C@H](CO)c2ccccc2)c(Cl)c1. The molecule has 1 saturated heterocycles. The van der Waals surface area contributed by atoms with E-state index in [4.69, 9.17) is 22.1 Å². The van der Waals surface area contributed by atoms with Crippen LogP contribution in [0.1, 0.15) is 52.6 Å². The Hall–Kier alpha value is -2.73. The minimum Gasteiger partial charge on any atom is -0.396 e. The average molecular weight is 451 g/mol. The van der Waals surface area contributed by atoms with E-state index in [0.29, 0.717) is 22.3 Å². The molecule has 1 atom stereocenters. The van der Waals surface area contributed by atoms with Crippen LogP contribution in [0.25, 0.3) is 11.1 Å². The fraction of sp³-hybridized carbons (Fsp3) is 0.308. The van der Waals surface area contributed by atoms with Crippen molar-refractivity contribution in [2.45, 2.75) is 31.1 Å². The summed E-state index contributed by atoms with van der Waals surface area (Å²) in [5, 5.41) is 10.2. The molecule has 0 bridgehead atoms. The van der Waals surface area contributed by atoms with Crippen LogP contribution < -0.4 is 5.73 Å². The number of halogens is 1. The number of carbonyl (C=O) groups is 1. The van der Waals surface area contributed by atoms with E-state index < -0.39 is 0 Å². The summed E-state index contributed by atoms with van der Waals surface area (Å²) in [7, 11) is 0. The standard InChI is InChI=1S/C26H27ClN2O3/c27-24-13-19(23-12-20(15-29-26(23)28)18-8-10-32-11-9-18)6-7-22(24)25(31)14-21(16-30)17-4-2-1-3-5-17/h1-7,12-13,15,18,21,30H,8-11,14,16H2,(H2,28,29)/t21-/m1/s1. The monoisotopic (exact) mass is 450 g/mol. The van der Waals surface area contributed by atoms with Gasteiger partial charge in [-0.05, 0) is 53.6 Å². The van der Waals surface area contributed by atoms with E-state index in [9.17, 15) is 9.90 Å². The maximum absolute atomic E-state index is 12.9. The predicted octanol–water partition coefficient (Wildman–Crippen LogP) is 5.23. The Balaban J connectivity index is 1.56. The van der Waals surface area contributed by atoms with Crippen LogP contribution in [-0.4, -0.2) is 35.7 Å². The molecule has 0 spiro atoms. The van der Waals surface area contributed by atoms with Crippen LogP contribution in [0, 0.1) is 0 Å². The maximum atomic E-state index is 12.9. The van der Waals surface area contributed by atoms with Gasteiger partial charge in [0.15, 0.2) is 5.78 Å².